The molecule has 1 rings (SSSR count). The molecule has 0 bridgehead atoms. The van der Waals surface area contributed by atoms with Crippen molar-refractivity contribution >= 4 is 8.80 Å². The van der Waals surface area contributed by atoms with E-state index in [-0.39, 0.29) is 0 Å². The summed E-state index contributed by atoms with van der Waals surface area (Å²) in [5.41, 5.74) is 6.28. The molecule has 1 aromatic heterocycles. The Kier molecular flexibility index (Phi) is 6.39. The van der Waals surface area contributed by atoms with Gasteiger partial charge in [-0.1, -0.05) is 5.21 Å². The van der Waals surface area contributed by atoms with Crippen molar-refractivity contribution in [2.75, 3.05) is 34.0 Å². The van der Waals surface area contributed by atoms with Crippen molar-refractivity contribution in [1.82, 2.24) is 20.3 Å². The van der Waals surface area contributed by atoms with Gasteiger partial charge in [-0.25, -0.2) is 0 Å². The largest absolute Gasteiger partial charge is 0.514 e. The summed E-state index contributed by atoms with van der Waals surface area (Å²) in [5.74, 6) is 0. The normalized spacial score (nSPS) is 12.0. The molecule has 104 valence electrons. The van der Waals surface area contributed by atoms with Crippen LogP contribution in [0.2, 0.25) is 0 Å². The van der Waals surface area contributed by atoms with E-state index < -0.39 is 8.80 Å². The van der Waals surface area contributed by atoms with Gasteiger partial charge in [-0.3, -0.25) is 4.68 Å². The summed E-state index contributed by atoms with van der Waals surface area (Å²) in [7, 11) is 2.18. The molecule has 0 unspecified atom stereocenters. The van der Waals surface area contributed by atoms with Crippen LogP contribution in [0.3, 0.4) is 0 Å². The van der Waals surface area contributed by atoms with Crippen molar-refractivity contribution in [3.63, 3.8) is 0 Å². The van der Waals surface area contributed by atoms with Gasteiger partial charge < -0.3 is 24.3 Å². The Balaban J connectivity index is 2.40. The number of hydrogen-bond donors (Lipinski definition) is 2. The van der Waals surface area contributed by atoms with Gasteiger partial charge in [-0.05, 0) is 0 Å². The Hall–Kier alpha value is -0.843. The van der Waals surface area contributed by atoms with Gasteiger partial charge in [-0.15, -0.1) is 5.10 Å². The first-order chi connectivity index (χ1) is 8.69. The Morgan fingerprint density at radius 3 is 2.56 bits per heavy atom. The van der Waals surface area contributed by atoms with Crippen molar-refractivity contribution in [1.29, 1.82) is 0 Å². The lowest BCUT2D eigenvalue weighted by Gasteiger charge is -2.24. The number of aromatic nitrogens is 3. The highest BCUT2D eigenvalue weighted by Crippen LogP contribution is 2.04. The van der Waals surface area contributed by atoms with Crippen molar-refractivity contribution in [2.45, 2.75) is 13.1 Å². The van der Waals surface area contributed by atoms with Gasteiger partial charge in [0.1, 0.15) is 0 Å². The first-order valence-electron chi connectivity index (χ1n) is 5.65. The SMILES string of the molecule is CO[Si](CNCc1cn(CCN)nn1)(OC)OC. The summed E-state index contributed by atoms with van der Waals surface area (Å²) < 4.78 is 17.6. The third-order valence-corrected chi connectivity index (χ3v) is 5.07. The third kappa shape index (κ3) is 4.12. The van der Waals surface area contributed by atoms with Crippen LogP contribution in [0.5, 0.6) is 0 Å². The van der Waals surface area contributed by atoms with Gasteiger partial charge in [0.2, 0.25) is 0 Å². The fourth-order valence-electron chi connectivity index (χ4n) is 1.47. The monoisotopic (exact) mass is 275 g/mol. The maximum atomic E-state index is 5.43. The second-order valence-electron chi connectivity index (χ2n) is 3.66. The van der Waals surface area contributed by atoms with Gasteiger partial charge in [0.05, 0.1) is 18.4 Å². The number of nitrogens with one attached hydrogen (secondary N) is 1. The average Bonchev–Trinajstić information content (AvgIpc) is 2.84. The Bertz CT molecular complexity index is 336. The molecule has 9 heteroatoms. The fourth-order valence-corrected chi connectivity index (χ4v) is 2.84. The fraction of sp³-hybridized carbons (Fsp3) is 0.778. The molecule has 8 nitrogen and oxygen atoms in total. The minimum absolute atomic E-state index is 0.514. The molecule has 0 radical (unpaired) electrons. The van der Waals surface area contributed by atoms with Gasteiger partial charge in [0, 0.05) is 40.6 Å². The Morgan fingerprint density at radius 1 is 1.33 bits per heavy atom. The predicted molar refractivity (Wildman–Crippen MR) is 67.6 cm³/mol. The number of nitrogens with two attached hydrogens (primary N) is 1. The lowest BCUT2D eigenvalue weighted by atomic mass is 10.5. The molecule has 0 spiro atoms. The first kappa shape index (κ1) is 15.2. The second kappa shape index (κ2) is 7.56. The second-order valence-corrected chi connectivity index (χ2v) is 6.60. The summed E-state index contributed by atoms with van der Waals surface area (Å²) in [6, 6.07) is 0. The highest BCUT2D eigenvalue weighted by atomic mass is 28.4. The minimum atomic E-state index is -2.57. The summed E-state index contributed by atoms with van der Waals surface area (Å²) >= 11 is 0. The average molecular weight is 275 g/mol. The van der Waals surface area contributed by atoms with Crippen LogP contribution in [0.1, 0.15) is 5.69 Å². The molecule has 0 aliphatic carbocycles. The van der Waals surface area contributed by atoms with Crippen LogP contribution in [-0.4, -0.2) is 57.8 Å². The van der Waals surface area contributed by atoms with Crippen molar-refractivity contribution in [3.05, 3.63) is 11.9 Å². The Morgan fingerprint density at radius 2 is 2.00 bits per heavy atom. The lowest BCUT2D eigenvalue weighted by molar-refractivity contribution is 0.122. The lowest BCUT2D eigenvalue weighted by Crippen LogP contribution is -2.52. The number of nitrogens with zero attached hydrogens (tertiary/aromatic N) is 3. The molecule has 0 aromatic carbocycles. The van der Waals surface area contributed by atoms with E-state index in [1.807, 2.05) is 6.20 Å². The van der Waals surface area contributed by atoms with Crippen LogP contribution in [0, 0.1) is 0 Å². The molecule has 0 saturated heterocycles. The molecule has 0 aliphatic heterocycles. The smallest absolute Gasteiger partial charge is 0.376 e. The zero-order valence-corrected chi connectivity index (χ0v) is 12.0. The van der Waals surface area contributed by atoms with Crippen molar-refractivity contribution < 1.29 is 13.3 Å². The summed E-state index contributed by atoms with van der Waals surface area (Å²) in [5, 5.41) is 11.2. The van der Waals surface area contributed by atoms with E-state index in [2.05, 4.69) is 15.6 Å². The van der Waals surface area contributed by atoms with E-state index >= 15 is 0 Å². The quantitative estimate of drug-likeness (QED) is 0.543. The highest BCUT2D eigenvalue weighted by molar-refractivity contribution is 6.60. The molecule has 0 aliphatic rings. The van der Waals surface area contributed by atoms with E-state index in [4.69, 9.17) is 19.0 Å². The van der Waals surface area contributed by atoms with Crippen molar-refractivity contribution in [3.8, 4) is 0 Å². The van der Waals surface area contributed by atoms with E-state index in [1.165, 1.54) is 0 Å². The molecule has 0 amide bonds. The van der Waals surface area contributed by atoms with E-state index in [0.717, 1.165) is 5.69 Å². The number of rotatable bonds is 9. The van der Waals surface area contributed by atoms with E-state index in [0.29, 0.717) is 25.8 Å². The standard InChI is InChI=1S/C9H21N5O3Si/c1-15-18(16-2,17-3)8-11-6-9-7-14(5-4-10)13-12-9/h7,11H,4-6,8,10H2,1-3H3. The van der Waals surface area contributed by atoms with Gasteiger partial charge in [0.25, 0.3) is 0 Å². The summed E-state index contributed by atoms with van der Waals surface area (Å²) in [6.07, 6.45) is 2.37. The molecule has 1 aromatic rings. The molecule has 0 saturated carbocycles. The van der Waals surface area contributed by atoms with Gasteiger partial charge in [0.15, 0.2) is 0 Å². The molecule has 1 heterocycles. The van der Waals surface area contributed by atoms with Crippen LogP contribution in [0.25, 0.3) is 0 Å². The summed E-state index contributed by atoms with van der Waals surface area (Å²) in [4.78, 5) is 0. The van der Waals surface area contributed by atoms with Gasteiger partial charge >= 0.3 is 8.80 Å². The molecule has 3 N–H and O–H groups in total. The highest BCUT2D eigenvalue weighted by Gasteiger charge is 2.37. The maximum absolute atomic E-state index is 5.43. The molecule has 0 atom stereocenters. The van der Waals surface area contributed by atoms with Crippen LogP contribution in [0.4, 0.5) is 0 Å². The van der Waals surface area contributed by atoms with Crippen molar-refractivity contribution in [2.24, 2.45) is 5.73 Å². The molecular formula is C9H21N5O3Si. The summed E-state index contributed by atoms with van der Waals surface area (Å²) in [6.45, 7) is 1.79. The Labute approximate surface area is 108 Å². The van der Waals surface area contributed by atoms with E-state index in [1.54, 1.807) is 26.0 Å². The third-order valence-electron chi connectivity index (χ3n) is 2.52. The van der Waals surface area contributed by atoms with Crippen LogP contribution in [-0.2, 0) is 26.4 Å². The first-order valence-corrected chi connectivity index (χ1v) is 7.58. The van der Waals surface area contributed by atoms with Crippen LogP contribution in [0.15, 0.2) is 6.20 Å². The topological polar surface area (TPSA) is 96.5 Å². The molecular weight excluding hydrogens is 254 g/mol. The van der Waals surface area contributed by atoms with Crippen LogP contribution < -0.4 is 11.1 Å². The van der Waals surface area contributed by atoms with Crippen LogP contribution >= 0.6 is 0 Å². The molecule has 18 heavy (non-hydrogen) atoms. The maximum Gasteiger partial charge on any atom is 0.514 e. The zero-order valence-electron chi connectivity index (χ0n) is 11.0. The zero-order chi connectivity index (χ0) is 13.4. The predicted octanol–water partition coefficient (Wildman–Crippen LogP) is -1.26. The molecule has 0 fully saturated rings. The van der Waals surface area contributed by atoms with E-state index in [9.17, 15) is 0 Å². The number of hydrogen-bond acceptors (Lipinski definition) is 7. The minimum Gasteiger partial charge on any atom is -0.376 e. The van der Waals surface area contributed by atoms with Gasteiger partial charge in [-0.2, -0.15) is 0 Å².